The SMILES string of the molecule is CCC(C)NC(=O)C(C)N(Cc1ccccc1F)C(=O)CCSCc1ccccc1. The van der Waals surface area contributed by atoms with Crippen LogP contribution < -0.4 is 5.32 Å². The van der Waals surface area contributed by atoms with E-state index >= 15 is 0 Å². The summed E-state index contributed by atoms with van der Waals surface area (Å²) < 4.78 is 14.2. The minimum atomic E-state index is -0.676. The molecule has 1 N–H and O–H groups in total. The van der Waals surface area contributed by atoms with Gasteiger partial charge >= 0.3 is 0 Å². The molecule has 0 aliphatic carbocycles. The van der Waals surface area contributed by atoms with Crippen molar-refractivity contribution in [1.82, 2.24) is 10.2 Å². The Kier molecular flexibility index (Phi) is 9.87. The number of halogens is 1. The second-order valence-electron chi connectivity index (χ2n) is 7.40. The molecule has 0 aliphatic rings. The van der Waals surface area contributed by atoms with Crippen molar-refractivity contribution in [2.45, 2.75) is 58.0 Å². The first-order valence-corrected chi connectivity index (χ1v) is 11.5. The van der Waals surface area contributed by atoms with Crippen LogP contribution in [0, 0.1) is 5.82 Å². The molecule has 0 heterocycles. The number of carbonyl (C=O) groups is 2. The highest BCUT2D eigenvalue weighted by Gasteiger charge is 2.27. The fourth-order valence-corrected chi connectivity index (χ4v) is 3.82. The van der Waals surface area contributed by atoms with E-state index < -0.39 is 6.04 Å². The van der Waals surface area contributed by atoms with Crippen LogP contribution in [0.15, 0.2) is 54.6 Å². The van der Waals surface area contributed by atoms with Gasteiger partial charge < -0.3 is 10.2 Å². The minimum absolute atomic E-state index is 0.0202. The van der Waals surface area contributed by atoms with Crippen LogP contribution in [0.2, 0.25) is 0 Å². The van der Waals surface area contributed by atoms with Gasteiger partial charge in [-0.2, -0.15) is 11.8 Å². The van der Waals surface area contributed by atoms with Crippen molar-refractivity contribution in [2.24, 2.45) is 0 Å². The van der Waals surface area contributed by atoms with Crippen LogP contribution in [-0.4, -0.2) is 34.6 Å². The summed E-state index contributed by atoms with van der Waals surface area (Å²) in [5.41, 5.74) is 1.62. The quantitative estimate of drug-likeness (QED) is 0.522. The van der Waals surface area contributed by atoms with Gasteiger partial charge in [-0.15, -0.1) is 0 Å². The van der Waals surface area contributed by atoms with E-state index in [1.54, 1.807) is 36.9 Å². The highest BCUT2D eigenvalue weighted by Crippen LogP contribution is 2.17. The second kappa shape index (κ2) is 12.4. The Balaban J connectivity index is 2.02. The molecule has 162 valence electrons. The number of nitrogens with zero attached hydrogens (tertiary/aromatic N) is 1. The average molecular weight is 431 g/mol. The van der Waals surface area contributed by atoms with E-state index in [2.05, 4.69) is 17.4 Å². The van der Waals surface area contributed by atoms with Crippen molar-refractivity contribution in [2.75, 3.05) is 5.75 Å². The van der Waals surface area contributed by atoms with Crippen LogP contribution in [0.4, 0.5) is 4.39 Å². The molecule has 2 aromatic rings. The summed E-state index contributed by atoms with van der Waals surface area (Å²) >= 11 is 1.67. The van der Waals surface area contributed by atoms with E-state index in [0.717, 1.165) is 12.2 Å². The zero-order chi connectivity index (χ0) is 21.9. The smallest absolute Gasteiger partial charge is 0.242 e. The molecule has 0 saturated carbocycles. The van der Waals surface area contributed by atoms with E-state index in [4.69, 9.17) is 0 Å². The Morgan fingerprint density at radius 3 is 2.40 bits per heavy atom. The van der Waals surface area contributed by atoms with Gasteiger partial charge in [-0.05, 0) is 31.9 Å². The Labute approximate surface area is 183 Å². The van der Waals surface area contributed by atoms with E-state index in [1.165, 1.54) is 16.5 Å². The molecule has 2 amide bonds. The van der Waals surface area contributed by atoms with Gasteiger partial charge in [-0.3, -0.25) is 9.59 Å². The van der Waals surface area contributed by atoms with Crippen LogP contribution >= 0.6 is 11.8 Å². The third-order valence-electron chi connectivity index (χ3n) is 5.04. The number of hydrogen-bond donors (Lipinski definition) is 1. The van der Waals surface area contributed by atoms with E-state index in [1.807, 2.05) is 32.0 Å². The molecule has 0 radical (unpaired) electrons. The van der Waals surface area contributed by atoms with Crippen molar-refractivity contribution in [1.29, 1.82) is 0 Å². The van der Waals surface area contributed by atoms with Crippen LogP contribution in [0.1, 0.15) is 44.7 Å². The summed E-state index contributed by atoms with van der Waals surface area (Å²) in [6.07, 6.45) is 1.10. The lowest BCUT2D eigenvalue weighted by Crippen LogP contribution is -2.49. The van der Waals surface area contributed by atoms with Gasteiger partial charge in [0, 0.05) is 36.1 Å². The zero-order valence-corrected chi connectivity index (χ0v) is 18.8. The van der Waals surface area contributed by atoms with Gasteiger partial charge in [0.25, 0.3) is 0 Å². The summed E-state index contributed by atoms with van der Waals surface area (Å²) in [4.78, 5) is 27.1. The Hall–Kier alpha value is -2.34. The highest BCUT2D eigenvalue weighted by atomic mass is 32.2. The first kappa shape index (κ1) is 23.9. The maximum Gasteiger partial charge on any atom is 0.242 e. The van der Waals surface area contributed by atoms with Gasteiger partial charge in [0.05, 0.1) is 0 Å². The van der Waals surface area contributed by atoms with E-state index in [9.17, 15) is 14.0 Å². The molecule has 2 rings (SSSR count). The Morgan fingerprint density at radius 1 is 1.07 bits per heavy atom. The topological polar surface area (TPSA) is 49.4 Å². The zero-order valence-electron chi connectivity index (χ0n) is 17.9. The largest absolute Gasteiger partial charge is 0.352 e. The fraction of sp³-hybridized carbons (Fsp3) is 0.417. The monoisotopic (exact) mass is 430 g/mol. The molecule has 2 atom stereocenters. The maximum atomic E-state index is 14.2. The predicted molar refractivity (Wildman–Crippen MR) is 122 cm³/mol. The molecule has 0 aromatic heterocycles. The molecule has 0 spiro atoms. The highest BCUT2D eigenvalue weighted by molar-refractivity contribution is 7.98. The number of thioether (sulfide) groups is 1. The molecular formula is C24H31FN2O2S. The number of nitrogens with one attached hydrogen (secondary N) is 1. The molecule has 2 aromatic carbocycles. The molecule has 6 heteroatoms. The van der Waals surface area contributed by atoms with Crippen LogP contribution in [0.5, 0.6) is 0 Å². The van der Waals surface area contributed by atoms with E-state index in [-0.39, 0.29) is 30.2 Å². The average Bonchev–Trinajstić information content (AvgIpc) is 2.76. The van der Waals surface area contributed by atoms with Crippen molar-refractivity contribution >= 4 is 23.6 Å². The molecule has 0 bridgehead atoms. The van der Waals surface area contributed by atoms with Crippen LogP contribution in [-0.2, 0) is 21.9 Å². The van der Waals surface area contributed by atoms with Gasteiger partial charge in [-0.1, -0.05) is 55.5 Å². The second-order valence-corrected chi connectivity index (χ2v) is 8.50. The van der Waals surface area contributed by atoms with Gasteiger partial charge in [-0.25, -0.2) is 4.39 Å². The summed E-state index contributed by atoms with van der Waals surface area (Å²) in [5, 5.41) is 2.92. The van der Waals surface area contributed by atoms with Crippen LogP contribution in [0.3, 0.4) is 0 Å². The van der Waals surface area contributed by atoms with Crippen LogP contribution in [0.25, 0.3) is 0 Å². The molecule has 2 unspecified atom stereocenters. The molecule has 0 aliphatic heterocycles. The van der Waals surface area contributed by atoms with Gasteiger partial charge in [0.1, 0.15) is 11.9 Å². The van der Waals surface area contributed by atoms with Gasteiger partial charge in [0.15, 0.2) is 0 Å². The summed E-state index contributed by atoms with van der Waals surface area (Å²) in [6.45, 7) is 5.69. The summed E-state index contributed by atoms with van der Waals surface area (Å²) in [6, 6.07) is 15.8. The minimum Gasteiger partial charge on any atom is -0.352 e. The number of carbonyl (C=O) groups excluding carboxylic acids is 2. The predicted octanol–water partition coefficient (Wildman–Crippen LogP) is 4.78. The number of benzene rings is 2. The maximum absolute atomic E-state index is 14.2. The third-order valence-corrected chi connectivity index (χ3v) is 6.07. The first-order chi connectivity index (χ1) is 14.4. The Morgan fingerprint density at radius 2 is 1.73 bits per heavy atom. The van der Waals surface area contributed by atoms with Gasteiger partial charge in [0.2, 0.25) is 11.8 Å². The molecule has 0 saturated heterocycles. The number of rotatable bonds is 11. The van der Waals surface area contributed by atoms with Crippen molar-refractivity contribution in [3.63, 3.8) is 0 Å². The molecule has 0 fully saturated rings. The van der Waals surface area contributed by atoms with E-state index in [0.29, 0.717) is 17.7 Å². The molecular weight excluding hydrogens is 399 g/mol. The lowest BCUT2D eigenvalue weighted by molar-refractivity contribution is -0.140. The van der Waals surface area contributed by atoms with Crippen molar-refractivity contribution < 1.29 is 14.0 Å². The third kappa shape index (κ3) is 7.48. The fourth-order valence-electron chi connectivity index (χ4n) is 2.93. The first-order valence-electron chi connectivity index (χ1n) is 10.4. The molecule has 4 nitrogen and oxygen atoms in total. The van der Waals surface area contributed by atoms with Crippen molar-refractivity contribution in [3.05, 3.63) is 71.5 Å². The lowest BCUT2D eigenvalue weighted by Gasteiger charge is -2.30. The lowest BCUT2D eigenvalue weighted by atomic mass is 10.1. The molecule has 30 heavy (non-hydrogen) atoms. The summed E-state index contributed by atoms with van der Waals surface area (Å²) in [5.74, 6) is 0.729. The number of amides is 2. The number of hydrogen-bond acceptors (Lipinski definition) is 3. The summed E-state index contributed by atoms with van der Waals surface area (Å²) in [7, 11) is 0. The Bertz CT molecular complexity index is 816. The normalized spacial score (nSPS) is 12.8. The standard InChI is InChI=1S/C24H31FN2O2S/c1-4-18(2)26-24(29)19(3)27(16-21-12-8-9-13-22(21)25)23(28)14-15-30-17-20-10-6-5-7-11-20/h5-13,18-19H,4,14-17H2,1-3H3,(H,26,29). The van der Waals surface area contributed by atoms with Crippen molar-refractivity contribution in [3.8, 4) is 0 Å².